The molecule has 178 valence electrons. The zero-order chi connectivity index (χ0) is 23.8. The van der Waals surface area contributed by atoms with E-state index in [-0.39, 0.29) is 17.2 Å². The van der Waals surface area contributed by atoms with E-state index in [0.717, 1.165) is 63.0 Å². The molecule has 0 aliphatic heterocycles. The van der Waals surface area contributed by atoms with Crippen LogP contribution in [-0.2, 0) is 23.2 Å². The van der Waals surface area contributed by atoms with Crippen LogP contribution >= 0.6 is 0 Å². The quantitative estimate of drug-likeness (QED) is 0.335. The molecule has 0 fully saturated rings. The molecule has 0 saturated heterocycles. The van der Waals surface area contributed by atoms with Crippen molar-refractivity contribution in [2.45, 2.75) is 85.1 Å². The summed E-state index contributed by atoms with van der Waals surface area (Å²) in [6.07, 6.45) is 5.96. The Kier molecular flexibility index (Phi) is 8.71. The number of unbranched alkanes of at least 4 members (excludes halogenated alkanes) is 2. The summed E-state index contributed by atoms with van der Waals surface area (Å²) in [6.45, 7) is 12.5. The fourth-order valence-corrected chi connectivity index (χ4v) is 4.39. The molecule has 3 rings (SSSR count). The first kappa shape index (κ1) is 25.0. The van der Waals surface area contributed by atoms with Crippen molar-refractivity contribution in [3.63, 3.8) is 0 Å². The molecule has 0 bridgehead atoms. The maximum Gasteiger partial charge on any atom is 0.223 e. The van der Waals surface area contributed by atoms with E-state index >= 15 is 0 Å². The maximum atomic E-state index is 12.1. The smallest absolute Gasteiger partial charge is 0.223 e. The highest BCUT2D eigenvalue weighted by atomic mass is 16.1. The predicted molar refractivity (Wildman–Crippen MR) is 139 cm³/mol. The van der Waals surface area contributed by atoms with Gasteiger partial charge in [-0.3, -0.25) is 4.79 Å². The van der Waals surface area contributed by atoms with Crippen LogP contribution in [0.25, 0.3) is 11.0 Å². The van der Waals surface area contributed by atoms with E-state index in [0.29, 0.717) is 0 Å². The normalized spacial score (nSPS) is 11.9. The Balaban J connectivity index is 1.60. The van der Waals surface area contributed by atoms with E-state index in [1.54, 1.807) is 0 Å². The SMILES string of the molecule is CCC(CC)C(=O)NCCCCCc1nc2ccccc2n1Cc1ccc(C(C)(C)C)cc1. The number of benzene rings is 2. The topological polar surface area (TPSA) is 46.9 Å². The largest absolute Gasteiger partial charge is 0.356 e. The van der Waals surface area contributed by atoms with E-state index in [4.69, 9.17) is 4.98 Å². The number of imidazole rings is 1. The summed E-state index contributed by atoms with van der Waals surface area (Å²) in [4.78, 5) is 17.1. The first-order valence-corrected chi connectivity index (χ1v) is 12.6. The van der Waals surface area contributed by atoms with Gasteiger partial charge < -0.3 is 9.88 Å². The lowest BCUT2D eigenvalue weighted by molar-refractivity contribution is -0.125. The highest BCUT2D eigenvalue weighted by molar-refractivity contribution is 5.78. The number of para-hydroxylation sites is 2. The molecule has 0 spiro atoms. The molecule has 4 nitrogen and oxygen atoms in total. The van der Waals surface area contributed by atoms with E-state index in [1.165, 1.54) is 16.6 Å². The fraction of sp³-hybridized carbons (Fsp3) is 0.517. The minimum Gasteiger partial charge on any atom is -0.356 e. The Morgan fingerprint density at radius 1 is 0.970 bits per heavy atom. The highest BCUT2D eigenvalue weighted by Crippen LogP contribution is 2.24. The molecule has 4 heteroatoms. The van der Waals surface area contributed by atoms with Crippen molar-refractivity contribution in [1.29, 1.82) is 0 Å². The van der Waals surface area contributed by atoms with Gasteiger partial charge in [-0.05, 0) is 54.4 Å². The molecule has 1 amide bonds. The third-order valence-corrected chi connectivity index (χ3v) is 6.63. The van der Waals surface area contributed by atoms with Crippen molar-refractivity contribution in [2.75, 3.05) is 6.54 Å². The number of hydrogen-bond acceptors (Lipinski definition) is 2. The average molecular weight is 448 g/mol. The molecule has 0 aliphatic rings. The van der Waals surface area contributed by atoms with Gasteiger partial charge in [-0.15, -0.1) is 0 Å². The molecule has 0 aliphatic carbocycles. The number of carbonyl (C=O) groups is 1. The van der Waals surface area contributed by atoms with E-state index in [1.807, 2.05) is 0 Å². The van der Waals surface area contributed by atoms with Gasteiger partial charge in [0.15, 0.2) is 0 Å². The lowest BCUT2D eigenvalue weighted by atomic mass is 9.87. The van der Waals surface area contributed by atoms with Gasteiger partial charge in [0.2, 0.25) is 5.91 Å². The Hall–Kier alpha value is -2.62. The number of nitrogens with one attached hydrogen (secondary N) is 1. The lowest BCUT2D eigenvalue weighted by Gasteiger charge is -2.19. The maximum absolute atomic E-state index is 12.1. The molecule has 33 heavy (non-hydrogen) atoms. The van der Waals surface area contributed by atoms with Crippen molar-refractivity contribution in [1.82, 2.24) is 14.9 Å². The Labute approximate surface area is 199 Å². The monoisotopic (exact) mass is 447 g/mol. The number of fused-ring (bicyclic) bond motifs is 1. The van der Waals surface area contributed by atoms with Crippen LogP contribution in [0.4, 0.5) is 0 Å². The number of rotatable bonds is 11. The number of hydrogen-bond donors (Lipinski definition) is 1. The summed E-state index contributed by atoms with van der Waals surface area (Å²) in [6, 6.07) is 17.4. The minimum atomic E-state index is 0.155. The van der Waals surface area contributed by atoms with Gasteiger partial charge in [0.25, 0.3) is 0 Å². The van der Waals surface area contributed by atoms with Crippen molar-refractivity contribution in [2.24, 2.45) is 5.92 Å². The number of aromatic nitrogens is 2. The van der Waals surface area contributed by atoms with Crippen LogP contribution in [0, 0.1) is 5.92 Å². The van der Waals surface area contributed by atoms with Crippen molar-refractivity contribution in [3.05, 3.63) is 65.5 Å². The van der Waals surface area contributed by atoms with E-state index < -0.39 is 0 Å². The second-order valence-electron chi connectivity index (χ2n) is 10.2. The van der Waals surface area contributed by atoms with E-state index in [2.05, 4.69) is 93.0 Å². The van der Waals surface area contributed by atoms with Gasteiger partial charge in [0.1, 0.15) is 5.82 Å². The second-order valence-corrected chi connectivity index (χ2v) is 10.2. The van der Waals surface area contributed by atoms with Crippen LogP contribution in [0.1, 0.15) is 83.7 Å². The van der Waals surface area contributed by atoms with Gasteiger partial charge in [0, 0.05) is 25.4 Å². The fourth-order valence-electron chi connectivity index (χ4n) is 4.39. The number of nitrogens with zero attached hydrogens (tertiary/aromatic N) is 2. The van der Waals surface area contributed by atoms with Crippen LogP contribution in [0.5, 0.6) is 0 Å². The highest BCUT2D eigenvalue weighted by Gasteiger charge is 2.15. The molecular formula is C29H41N3O. The second kappa shape index (κ2) is 11.5. The zero-order valence-electron chi connectivity index (χ0n) is 21.2. The van der Waals surface area contributed by atoms with Crippen molar-refractivity contribution < 1.29 is 4.79 Å². The first-order chi connectivity index (χ1) is 15.8. The Morgan fingerprint density at radius 2 is 1.67 bits per heavy atom. The first-order valence-electron chi connectivity index (χ1n) is 12.6. The summed E-state index contributed by atoms with van der Waals surface area (Å²) < 4.78 is 2.37. The molecule has 1 N–H and O–H groups in total. The lowest BCUT2D eigenvalue weighted by Crippen LogP contribution is -2.30. The zero-order valence-corrected chi connectivity index (χ0v) is 21.2. The molecule has 0 radical (unpaired) electrons. The number of carbonyl (C=O) groups excluding carboxylic acids is 1. The molecular weight excluding hydrogens is 406 g/mol. The molecule has 1 heterocycles. The van der Waals surface area contributed by atoms with Crippen molar-refractivity contribution >= 4 is 16.9 Å². The summed E-state index contributed by atoms with van der Waals surface area (Å²) in [5.74, 6) is 1.51. The molecule has 3 aromatic rings. The van der Waals surface area contributed by atoms with Gasteiger partial charge in [-0.1, -0.05) is 77.4 Å². The summed E-state index contributed by atoms with van der Waals surface area (Å²) >= 11 is 0. The van der Waals surface area contributed by atoms with Gasteiger partial charge in [0.05, 0.1) is 11.0 Å². The minimum absolute atomic E-state index is 0.155. The van der Waals surface area contributed by atoms with E-state index in [9.17, 15) is 4.79 Å². The molecule has 1 aromatic heterocycles. The molecule has 0 atom stereocenters. The molecule has 0 saturated carbocycles. The summed E-state index contributed by atoms with van der Waals surface area (Å²) in [7, 11) is 0. The van der Waals surface area contributed by atoms with Crippen LogP contribution in [0.2, 0.25) is 0 Å². The van der Waals surface area contributed by atoms with Crippen LogP contribution in [0.3, 0.4) is 0 Å². The van der Waals surface area contributed by atoms with Gasteiger partial charge in [-0.2, -0.15) is 0 Å². The number of amides is 1. The predicted octanol–water partition coefficient (Wildman–Crippen LogP) is 6.65. The molecule has 0 unspecified atom stereocenters. The number of aryl methyl sites for hydroxylation is 1. The van der Waals surface area contributed by atoms with Crippen LogP contribution in [-0.4, -0.2) is 22.0 Å². The molecule has 2 aromatic carbocycles. The third-order valence-electron chi connectivity index (χ3n) is 6.63. The van der Waals surface area contributed by atoms with Crippen molar-refractivity contribution in [3.8, 4) is 0 Å². The van der Waals surface area contributed by atoms with Gasteiger partial charge >= 0.3 is 0 Å². The summed E-state index contributed by atoms with van der Waals surface area (Å²) in [5, 5.41) is 3.10. The third kappa shape index (κ3) is 6.69. The summed E-state index contributed by atoms with van der Waals surface area (Å²) in [5.41, 5.74) is 5.09. The van der Waals surface area contributed by atoms with Gasteiger partial charge in [-0.25, -0.2) is 4.98 Å². The Morgan fingerprint density at radius 3 is 2.33 bits per heavy atom. The Bertz CT molecular complexity index is 1020. The van der Waals surface area contributed by atoms with Crippen LogP contribution < -0.4 is 5.32 Å². The standard InChI is InChI=1S/C29H41N3O/c1-6-23(7-2)28(33)30-20-12-8-9-15-27-31-25-13-10-11-14-26(25)32(27)21-22-16-18-24(19-17-22)29(3,4)5/h10-11,13-14,16-19,23H,6-9,12,15,20-21H2,1-5H3,(H,30,33). The average Bonchev–Trinajstić information content (AvgIpc) is 3.14. The van der Waals surface area contributed by atoms with Crippen LogP contribution in [0.15, 0.2) is 48.5 Å².